The average molecular weight is 548 g/mol. The van der Waals surface area contributed by atoms with E-state index in [4.69, 9.17) is 14.5 Å². The van der Waals surface area contributed by atoms with Gasteiger partial charge >= 0.3 is 21.3 Å². The van der Waals surface area contributed by atoms with E-state index < -0.39 is 58.0 Å². The van der Waals surface area contributed by atoms with Crippen LogP contribution in [0.2, 0.25) is 0 Å². The first-order valence-corrected chi connectivity index (χ1v) is 13.3. The summed E-state index contributed by atoms with van der Waals surface area (Å²) in [4.78, 5) is 52.4. The van der Waals surface area contributed by atoms with Gasteiger partial charge in [-0.2, -0.15) is 9.41 Å². The van der Waals surface area contributed by atoms with Crippen molar-refractivity contribution in [2.24, 2.45) is 7.05 Å². The Labute approximate surface area is 201 Å². The van der Waals surface area contributed by atoms with Gasteiger partial charge in [-0.05, 0) is 6.07 Å². The molecule has 1 aromatic carbocycles. The Morgan fingerprint density at radius 2 is 1.78 bits per heavy atom. The Bertz CT molecular complexity index is 1490. The Morgan fingerprint density at radius 3 is 2.47 bits per heavy atom. The van der Waals surface area contributed by atoms with E-state index in [2.05, 4.69) is 13.9 Å². The predicted molar refractivity (Wildman–Crippen MR) is 120 cm³/mol. The molecule has 0 bridgehead atoms. The second-order valence-electron chi connectivity index (χ2n) is 7.90. The minimum atomic E-state index is -5.37. The molecule has 18 heteroatoms. The molecule has 196 valence electrons. The molecule has 0 aliphatic carbocycles. The van der Waals surface area contributed by atoms with Gasteiger partial charge in [0, 0.05) is 24.7 Å². The summed E-state index contributed by atoms with van der Waals surface area (Å²) in [5.41, 5.74) is -0.336. The first kappa shape index (κ1) is 26.6. The number of phosphoric ester groups is 1. The second kappa shape index (κ2) is 9.76. The summed E-state index contributed by atoms with van der Waals surface area (Å²) in [5, 5.41) is 25.8. The minimum Gasteiger partial charge on any atom is -0.387 e. The van der Waals surface area contributed by atoms with Gasteiger partial charge in [-0.25, -0.2) is 13.9 Å². The lowest BCUT2D eigenvalue weighted by Crippen LogP contribution is -2.43. The van der Waals surface area contributed by atoms with Crippen molar-refractivity contribution >= 4 is 26.5 Å². The van der Waals surface area contributed by atoms with E-state index in [0.717, 1.165) is 32.3 Å². The van der Waals surface area contributed by atoms with Crippen LogP contribution in [-0.4, -0.2) is 68.7 Å². The molecule has 1 fully saturated rings. The summed E-state index contributed by atoms with van der Waals surface area (Å²) in [6.07, 6.45) is -5.46. The molecular weight excluding hydrogens is 526 g/mol. The van der Waals surface area contributed by atoms with Crippen LogP contribution in [0.1, 0.15) is 11.9 Å². The maximum Gasteiger partial charge on any atom is 0.481 e. The van der Waals surface area contributed by atoms with E-state index in [1.54, 1.807) is 23.9 Å². The Kier molecular flexibility index (Phi) is 7.20. The second-order valence-corrected chi connectivity index (χ2v) is 10.7. The molecule has 0 saturated carbocycles. The molecule has 4 rings (SSSR count). The summed E-state index contributed by atoms with van der Waals surface area (Å²) >= 11 is 0. The average Bonchev–Trinajstić information content (AvgIpc) is 3.25. The van der Waals surface area contributed by atoms with Crippen molar-refractivity contribution in [3.8, 4) is 0 Å². The molecule has 3 heterocycles. The van der Waals surface area contributed by atoms with Gasteiger partial charge in [0.05, 0.1) is 24.4 Å². The summed E-state index contributed by atoms with van der Waals surface area (Å²) in [6, 6.07) is 8.25. The zero-order chi connectivity index (χ0) is 26.4. The van der Waals surface area contributed by atoms with Crippen LogP contribution < -0.4 is 11.2 Å². The third-order valence-electron chi connectivity index (χ3n) is 5.46. The molecule has 0 amide bonds. The van der Waals surface area contributed by atoms with Crippen LogP contribution in [-0.2, 0) is 36.3 Å². The SMILES string of the molecule is Cn1nc(Cn2c(=O)ccn(C3OC(COP(=O)(O)OP(=O)(O)O)[C@H](O)C3O)c2=O)c2ccccc21. The number of rotatable bonds is 8. The van der Waals surface area contributed by atoms with Crippen molar-refractivity contribution in [1.29, 1.82) is 0 Å². The summed E-state index contributed by atoms with van der Waals surface area (Å²) in [5.74, 6) is 0. The van der Waals surface area contributed by atoms with Crippen LogP contribution >= 0.6 is 15.6 Å². The van der Waals surface area contributed by atoms with E-state index in [-0.39, 0.29) is 6.54 Å². The largest absolute Gasteiger partial charge is 0.481 e. The van der Waals surface area contributed by atoms with Crippen molar-refractivity contribution in [2.75, 3.05) is 6.61 Å². The Hall–Kier alpha value is -2.49. The number of phosphoric acid groups is 2. The summed E-state index contributed by atoms with van der Waals surface area (Å²) in [6.45, 7) is -1.14. The monoisotopic (exact) mass is 548 g/mol. The lowest BCUT2D eigenvalue weighted by atomic mass is 10.1. The van der Waals surface area contributed by atoms with E-state index in [1.165, 1.54) is 0 Å². The number of fused-ring (bicyclic) bond motifs is 1. The fourth-order valence-corrected chi connectivity index (χ4v) is 5.45. The Balaban J connectivity index is 1.58. The van der Waals surface area contributed by atoms with Crippen molar-refractivity contribution in [3.63, 3.8) is 0 Å². The van der Waals surface area contributed by atoms with Gasteiger partial charge in [0.25, 0.3) is 5.56 Å². The molecule has 4 unspecified atom stereocenters. The topological polar surface area (TPSA) is 225 Å². The number of hydrogen-bond donors (Lipinski definition) is 5. The van der Waals surface area contributed by atoms with Gasteiger partial charge in [0.2, 0.25) is 0 Å². The van der Waals surface area contributed by atoms with Crippen LogP contribution in [0.15, 0.2) is 46.1 Å². The van der Waals surface area contributed by atoms with E-state index in [0.29, 0.717) is 5.69 Å². The number of benzene rings is 1. The van der Waals surface area contributed by atoms with Crippen molar-refractivity contribution in [3.05, 3.63) is 63.1 Å². The zero-order valence-electron chi connectivity index (χ0n) is 18.5. The molecule has 5 N–H and O–H groups in total. The van der Waals surface area contributed by atoms with Gasteiger partial charge < -0.3 is 29.6 Å². The molecule has 0 radical (unpaired) electrons. The van der Waals surface area contributed by atoms with E-state index >= 15 is 0 Å². The quantitative estimate of drug-likeness (QED) is 0.209. The van der Waals surface area contributed by atoms with Gasteiger partial charge in [-0.1, -0.05) is 18.2 Å². The van der Waals surface area contributed by atoms with Crippen LogP contribution in [0.25, 0.3) is 10.9 Å². The van der Waals surface area contributed by atoms with E-state index in [1.807, 2.05) is 12.1 Å². The lowest BCUT2D eigenvalue weighted by molar-refractivity contribution is -0.0547. The van der Waals surface area contributed by atoms with Gasteiger partial charge in [-0.15, -0.1) is 0 Å². The van der Waals surface area contributed by atoms with Gasteiger partial charge in [0.15, 0.2) is 6.23 Å². The van der Waals surface area contributed by atoms with Crippen LogP contribution in [0.4, 0.5) is 0 Å². The first-order chi connectivity index (χ1) is 16.8. The summed E-state index contributed by atoms with van der Waals surface area (Å²) in [7, 11) is -8.91. The molecular formula is C18H22N4O12P2. The fraction of sp³-hybridized carbons (Fsp3) is 0.389. The smallest absolute Gasteiger partial charge is 0.387 e. The third-order valence-corrected chi connectivity index (χ3v) is 7.61. The number of aryl methyl sites for hydroxylation is 1. The molecule has 16 nitrogen and oxygen atoms in total. The molecule has 3 aromatic rings. The van der Waals surface area contributed by atoms with Crippen LogP contribution in [0.5, 0.6) is 0 Å². The molecule has 1 saturated heterocycles. The number of aliphatic hydroxyl groups is 2. The standard InChI is InChI=1S/C18H22N4O12P2/c1-20-12-5-3-2-4-10(12)11(19-20)8-22-14(23)6-7-21(18(22)26)17-16(25)15(24)13(33-17)9-32-36(30,31)34-35(27,28)29/h2-7,13,15-17,24-25H,8-9H2,1H3,(H,30,31)(H2,27,28,29)/t13?,15-,16?,17?/m0/s1. The number of hydrogen-bond acceptors (Lipinski definition) is 10. The highest BCUT2D eigenvalue weighted by Gasteiger charge is 2.46. The van der Waals surface area contributed by atoms with Crippen LogP contribution in [0.3, 0.4) is 0 Å². The van der Waals surface area contributed by atoms with Gasteiger partial charge in [-0.3, -0.25) is 23.1 Å². The minimum absolute atomic E-state index is 0.203. The molecule has 36 heavy (non-hydrogen) atoms. The molecule has 1 aliphatic rings. The zero-order valence-corrected chi connectivity index (χ0v) is 20.3. The highest BCUT2D eigenvalue weighted by atomic mass is 31.3. The van der Waals surface area contributed by atoms with Crippen molar-refractivity contribution in [1.82, 2.24) is 18.9 Å². The molecule has 1 aliphatic heterocycles. The Morgan fingerprint density at radius 1 is 1.08 bits per heavy atom. The molecule has 2 aromatic heterocycles. The van der Waals surface area contributed by atoms with E-state index in [9.17, 15) is 33.8 Å². The lowest BCUT2D eigenvalue weighted by Gasteiger charge is -2.19. The molecule has 5 atom stereocenters. The number of ether oxygens (including phenoxy) is 1. The fourth-order valence-electron chi connectivity index (χ4n) is 3.85. The number of para-hydroxylation sites is 1. The predicted octanol–water partition coefficient (Wildman–Crippen LogP) is -1.21. The highest BCUT2D eigenvalue weighted by Crippen LogP contribution is 2.57. The third kappa shape index (κ3) is 5.43. The van der Waals surface area contributed by atoms with Crippen LogP contribution in [0, 0.1) is 0 Å². The van der Waals surface area contributed by atoms with Crippen molar-refractivity contribution in [2.45, 2.75) is 31.1 Å². The maximum absolute atomic E-state index is 13.2. The number of nitrogens with zero attached hydrogens (tertiary/aromatic N) is 4. The normalized spacial score (nSPS) is 24.3. The number of aromatic nitrogens is 4. The molecule has 0 spiro atoms. The number of aliphatic hydroxyl groups excluding tert-OH is 2. The van der Waals surface area contributed by atoms with Gasteiger partial charge in [0.1, 0.15) is 18.3 Å². The highest BCUT2D eigenvalue weighted by molar-refractivity contribution is 7.60. The first-order valence-electron chi connectivity index (χ1n) is 10.3. The summed E-state index contributed by atoms with van der Waals surface area (Å²) < 4.78 is 39.2. The van der Waals surface area contributed by atoms with Crippen molar-refractivity contribution < 1.29 is 47.6 Å². The maximum atomic E-state index is 13.2.